The number of rotatable bonds is 9. The lowest BCUT2D eigenvalue weighted by molar-refractivity contribution is 0.0697. The van der Waals surface area contributed by atoms with Gasteiger partial charge in [0.15, 0.2) is 0 Å². The Hall–Kier alpha value is -2.82. The molecule has 5 heteroatoms. The van der Waals surface area contributed by atoms with Crippen molar-refractivity contribution in [3.05, 3.63) is 59.7 Å². The molecule has 1 aliphatic heterocycles. The minimum Gasteiger partial charge on any atom is -0.494 e. The highest BCUT2D eigenvalue weighted by Crippen LogP contribution is 2.20. The average molecular weight is 423 g/mol. The molecule has 2 aromatic rings. The molecule has 31 heavy (non-hydrogen) atoms. The van der Waals surface area contributed by atoms with Crippen molar-refractivity contribution in [2.45, 2.75) is 52.4 Å². The molecular formula is C26H34N2O3. The molecule has 0 unspecified atom stereocenters. The number of anilines is 1. The van der Waals surface area contributed by atoms with Crippen LogP contribution in [0.3, 0.4) is 0 Å². The number of likely N-dealkylation sites (tertiary alicyclic amines) is 1. The van der Waals surface area contributed by atoms with E-state index in [-0.39, 0.29) is 11.8 Å². The molecule has 0 spiro atoms. The van der Waals surface area contributed by atoms with E-state index in [1.807, 2.05) is 17.0 Å². The van der Waals surface area contributed by atoms with E-state index in [2.05, 4.69) is 19.2 Å². The van der Waals surface area contributed by atoms with Gasteiger partial charge in [0, 0.05) is 29.9 Å². The zero-order valence-corrected chi connectivity index (χ0v) is 18.7. The largest absolute Gasteiger partial charge is 0.494 e. The lowest BCUT2D eigenvalue weighted by Crippen LogP contribution is -2.37. The van der Waals surface area contributed by atoms with Gasteiger partial charge in [-0.3, -0.25) is 9.59 Å². The van der Waals surface area contributed by atoms with E-state index >= 15 is 0 Å². The molecular weight excluding hydrogens is 388 g/mol. The third-order valence-electron chi connectivity index (χ3n) is 5.84. The lowest BCUT2D eigenvalue weighted by atomic mass is 9.98. The number of amides is 2. The summed E-state index contributed by atoms with van der Waals surface area (Å²) >= 11 is 0. The van der Waals surface area contributed by atoms with Crippen molar-refractivity contribution in [2.75, 3.05) is 25.0 Å². The number of unbranched alkanes of at least 4 members (excludes halogenated alkanes) is 3. The van der Waals surface area contributed by atoms with Crippen LogP contribution in [0.5, 0.6) is 5.75 Å². The van der Waals surface area contributed by atoms with Gasteiger partial charge in [-0.2, -0.15) is 0 Å². The van der Waals surface area contributed by atoms with Crippen LogP contribution in [0.1, 0.15) is 73.1 Å². The molecule has 0 saturated carbocycles. The Bertz CT molecular complexity index is 838. The molecule has 1 N–H and O–H groups in total. The molecule has 0 bridgehead atoms. The Morgan fingerprint density at radius 2 is 1.58 bits per heavy atom. The molecule has 5 nitrogen and oxygen atoms in total. The fraction of sp³-hybridized carbons (Fsp3) is 0.462. The van der Waals surface area contributed by atoms with Gasteiger partial charge in [-0.15, -0.1) is 0 Å². The van der Waals surface area contributed by atoms with E-state index in [1.165, 1.54) is 19.3 Å². The first-order chi connectivity index (χ1) is 15.1. The van der Waals surface area contributed by atoms with Gasteiger partial charge < -0.3 is 15.0 Å². The second-order valence-electron chi connectivity index (χ2n) is 8.44. The van der Waals surface area contributed by atoms with Crippen LogP contribution in [0.15, 0.2) is 48.5 Å². The van der Waals surface area contributed by atoms with Crippen LogP contribution in [0.25, 0.3) is 0 Å². The monoisotopic (exact) mass is 422 g/mol. The van der Waals surface area contributed by atoms with Crippen LogP contribution in [0.2, 0.25) is 0 Å². The van der Waals surface area contributed by atoms with Crippen LogP contribution >= 0.6 is 0 Å². The van der Waals surface area contributed by atoms with Crippen molar-refractivity contribution in [3.63, 3.8) is 0 Å². The third kappa shape index (κ3) is 6.84. The van der Waals surface area contributed by atoms with Crippen molar-refractivity contribution in [1.29, 1.82) is 0 Å². The molecule has 1 saturated heterocycles. The number of nitrogens with one attached hydrogen (secondary N) is 1. The van der Waals surface area contributed by atoms with Crippen LogP contribution in [0, 0.1) is 5.92 Å². The summed E-state index contributed by atoms with van der Waals surface area (Å²) < 4.78 is 5.73. The van der Waals surface area contributed by atoms with E-state index in [9.17, 15) is 9.59 Å². The third-order valence-corrected chi connectivity index (χ3v) is 5.84. The number of carbonyl (C=O) groups is 2. The van der Waals surface area contributed by atoms with E-state index in [1.54, 1.807) is 36.4 Å². The molecule has 2 aromatic carbocycles. The number of carbonyl (C=O) groups excluding carboxylic acids is 2. The summed E-state index contributed by atoms with van der Waals surface area (Å²) in [6.45, 7) is 6.75. The summed E-state index contributed by atoms with van der Waals surface area (Å²) in [6, 6.07) is 14.3. The zero-order valence-electron chi connectivity index (χ0n) is 18.7. The summed E-state index contributed by atoms with van der Waals surface area (Å²) in [5.41, 5.74) is 1.90. The Labute approximate surface area is 185 Å². The van der Waals surface area contributed by atoms with Crippen molar-refractivity contribution >= 4 is 17.5 Å². The van der Waals surface area contributed by atoms with Gasteiger partial charge in [-0.05, 0) is 73.7 Å². The zero-order chi connectivity index (χ0) is 22.1. The average Bonchev–Trinajstić information content (AvgIpc) is 2.80. The number of hydrogen-bond donors (Lipinski definition) is 1. The van der Waals surface area contributed by atoms with Crippen LogP contribution in [-0.4, -0.2) is 36.4 Å². The fourth-order valence-electron chi connectivity index (χ4n) is 3.72. The second-order valence-corrected chi connectivity index (χ2v) is 8.44. The number of benzene rings is 2. The van der Waals surface area contributed by atoms with Gasteiger partial charge in [0.1, 0.15) is 5.75 Å². The Morgan fingerprint density at radius 3 is 2.23 bits per heavy atom. The highest BCUT2D eigenvalue weighted by Gasteiger charge is 2.21. The smallest absolute Gasteiger partial charge is 0.255 e. The van der Waals surface area contributed by atoms with Crippen LogP contribution in [-0.2, 0) is 0 Å². The molecule has 1 heterocycles. The van der Waals surface area contributed by atoms with Crippen molar-refractivity contribution in [1.82, 2.24) is 4.90 Å². The normalized spacial score (nSPS) is 14.3. The molecule has 166 valence electrons. The summed E-state index contributed by atoms with van der Waals surface area (Å²) in [7, 11) is 0. The maximum Gasteiger partial charge on any atom is 0.255 e. The van der Waals surface area contributed by atoms with Gasteiger partial charge in [0.25, 0.3) is 11.8 Å². The molecule has 1 fully saturated rings. The van der Waals surface area contributed by atoms with Gasteiger partial charge >= 0.3 is 0 Å². The molecule has 1 aliphatic rings. The number of nitrogens with zero attached hydrogens (tertiary/aromatic N) is 1. The highest BCUT2D eigenvalue weighted by molar-refractivity contribution is 6.04. The van der Waals surface area contributed by atoms with E-state index in [0.717, 1.165) is 38.1 Å². The van der Waals surface area contributed by atoms with Gasteiger partial charge in [-0.1, -0.05) is 33.1 Å². The summed E-state index contributed by atoms with van der Waals surface area (Å²) in [5, 5.41) is 2.89. The van der Waals surface area contributed by atoms with Gasteiger partial charge in [0.2, 0.25) is 0 Å². The minimum atomic E-state index is -0.182. The number of ether oxygens (including phenoxy) is 1. The Kier molecular flexibility index (Phi) is 8.51. The van der Waals surface area contributed by atoms with E-state index < -0.39 is 0 Å². The summed E-state index contributed by atoms with van der Waals surface area (Å²) in [4.78, 5) is 27.1. The maximum absolute atomic E-state index is 12.6. The van der Waals surface area contributed by atoms with Crippen LogP contribution in [0.4, 0.5) is 5.69 Å². The maximum atomic E-state index is 12.6. The van der Waals surface area contributed by atoms with Gasteiger partial charge in [-0.25, -0.2) is 0 Å². The van der Waals surface area contributed by atoms with Crippen molar-refractivity contribution in [2.24, 2.45) is 5.92 Å². The molecule has 0 atom stereocenters. The minimum absolute atomic E-state index is 0.0649. The van der Waals surface area contributed by atoms with Gasteiger partial charge in [0.05, 0.1) is 6.61 Å². The molecule has 0 aliphatic carbocycles. The summed E-state index contributed by atoms with van der Waals surface area (Å²) in [5.74, 6) is 1.35. The fourth-order valence-corrected chi connectivity index (χ4v) is 3.72. The quantitative estimate of drug-likeness (QED) is 0.522. The topological polar surface area (TPSA) is 58.6 Å². The first-order valence-corrected chi connectivity index (χ1v) is 11.5. The first kappa shape index (κ1) is 22.9. The lowest BCUT2D eigenvalue weighted by Gasteiger charge is -2.30. The van der Waals surface area contributed by atoms with E-state index in [4.69, 9.17) is 4.74 Å². The Balaban J connectivity index is 1.49. The molecule has 2 amide bonds. The SMILES string of the molecule is CCCCCCOc1ccc(C(=O)Nc2ccc(C(=O)N3CCC(C)CC3)cc2)cc1. The Morgan fingerprint density at radius 1 is 0.935 bits per heavy atom. The van der Waals surface area contributed by atoms with Crippen molar-refractivity contribution < 1.29 is 14.3 Å². The van der Waals surface area contributed by atoms with Crippen molar-refractivity contribution in [3.8, 4) is 5.75 Å². The molecule has 0 aromatic heterocycles. The summed E-state index contributed by atoms with van der Waals surface area (Å²) in [6.07, 6.45) is 6.78. The predicted octanol–water partition coefficient (Wildman–Crippen LogP) is 5.77. The second kappa shape index (κ2) is 11.5. The highest BCUT2D eigenvalue weighted by atomic mass is 16.5. The predicted molar refractivity (Wildman–Crippen MR) is 125 cm³/mol. The standard InChI is InChI=1S/C26H34N2O3/c1-3-4-5-6-19-31-24-13-9-21(10-14-24)25(29)27-23-11-7-22(8-12-23)26(30)28-17-15-20(2)16-18-28/h7-14,20H,3-6,15-19H2,1-2H3,(H,27,29). The number of hydrogen-bond acceptors (Lipinski definition) is 3. The molecule has 0 radical (unpaired) electrons. The van der Waals surface area contributed by atoms with Crippen LogP contribution < -0.4 is 10.1 Å². The van der Waals surface area contributed by atoms with E-state index in [0.29, 0.717) is 29.3 Å². The number of piperidine rings is 1. The first-order valence-electron chi connectivity index (χ1n) is 11.5. The molecule has 3 rings (SSSR count).